The summed E-state index contributed by atoms with van der Waals surface area (Å²) in [6.45, 7) is 1.59. The van der Waals surface area contributed by atoms with Gasteiger partial charge in [0.25, 0.3) is 5.91 Å². The van der Waals surface area contributed by atoms with Crippen molar-refractivity contribution < 1.29 is 14.7 Å². The molecule has 8 heteroatoms. The molecule has 1 unspecified atom stereocenters. The van der Waals surface area contributed by atoms with Crippen LogP contribution in [0.2, 0.25) is 0 Å². The number of carbonyl (C=O) groups excluding carboxylic acids is 1. The van der Waals surface area contributed by atoms with Crippen molar-refractivity contribution in [3.8, 4) is 0 Å². The van der Waals surface area contributed by atoms with E-state index in [9.17, 15) is 9.59 Å². The third-order valence-electron chi connectivity index (χ3n) is 3.70. The van der Waals surface area contributed by atoms with Gasteiger partial charge in [0.2, 0.25) is 0 Å². The fourth-order valence-electron chi connectivity index (χ4n) is 2.64. The largest absolute Gasteiger partial charge is 0.481 e. The van der Waals surface area contributed by atoms with Crippen LogP contribution in [-0.4, -0.2) is 56.0 Å². The Kier molecular flexibility index (Phi) is 5.26. The summed E-state index contributed by atoms with van der Waals surface area (Å²) in [5, 5.41) is 16.6. The number of carboxylic acid groups (broad SMARTS) is 1. The van der Waals surface area contributed by atoms with E-state index in [1.807, 2.05) is 0 Å². The Bertz CT molecular complexity index is 502. The number of carboxylic acids is 1. The molecule has 0 radical (unpaired) electrons. The Morgan fingerprint density at radius 1 is 1.43 bits per heavy atom. The minimum absolute atomic E-state index is 0.0259. The maximum Gasteiger partial charge on any atom is 0.303 e. The van der Waals surface area contributed by atoms with Crippen LogP contribution in [0.1, 0.15) is 42.6 Å². The Morgan fingerprint density at radius 2 is 2.24 bits per heavy atom. The summed E-state index contributed by atoms with van der Waals surface area (Å²) in [4.78, 5) is 25.0. The van der Waals surface area contributed by atoms with E-state index in [-0.39, 0.29) is 18.4 Å². The summed E-state index contributed by atoms with van der Waals surface area (Å²) in [5.41, 5.74) is 5.74. The van der Waals surface area contributed by atoms with Gasteiger partial charge in [0.05, 0.1) is 12.7 Å². The summed E-state index contributed by atoms with van der Waals surface area (Å²) >= 11 is 0. The molecular weight excluding hydrogens is 274 g/mol. The monoisotopic (exact) mass is 295 g/mol. The van der Waals surface area contributed by atoms with E-state index in [1.54, 1.807) is 15.8 Å². The lowest BCUT2D eigenvalue weighted by Crippen LogP contribution is -2.44. The smallest absolute Gasteiger partial charge is 0.303 e. The van der Waals surface area contributed by atoms with Gasteiger partial charge in [-0.3, -0.25) is 14.3 Å². The standard InChI is InChI=1S/C13H21N5O3/c14-6-8-17-9-11(15-16-17)13(21)18-7-2-1-3-10(18)4-5-12(19)20/h9-10H,1-8,14H2,(H,19,20). The van der Waals surface area contributed by atoms with Gasteiger partial charge in [-0.25, -0.2) is 0 Å². The van der Waals surface area contributed by atoms with Crippen molar-refractivity contribution in [2.75, 3.05) is 13.1 Å². The highest BCUT2D eigenvalue weighted by Gasteiger charge is 2.29. The normalized spacial score (nSPS) is 18.7. The van der Waals surface area contributed by atoms with Gasteiger partial charge in [0.15, 0.2) is 5.69 Å². The number of likely N-dealkylation sites (tertiary alicyclic amines) is 1. The Balaban J connectivity index is 2.04. The average Bonchev–Trinajstić information content (AvgIpc) is 2.94. The number of hydrogen-bond donors (Lipinski definition) is 2. The van der Waals surface area contributed by atoms with Gasteiger partial charge in [-0.1, -0.05) is 5.21 Å². The fourth-order valence-corrected chi connectivity index (χ4v) is 2.64. The molecule has 1 atom stereocenters. The first kappa shape index (κ1) is 15.4. The highest BCUT2D eigenvalue weighted by atomic mass is 16.4. The van der Waals surface area contributed by atoms with Crippen molar-refractivity contribution in [3.63, 3.8) is 0 Å². The van der Waals surface area contributed by atoms with Crippen LogP contribution >= 0.6 is 0 Å². The Hall–Kier alpha value is -1.96. The molecule has 8 nitrogen and oxygen atoms in total. The molecule has 1 aliphatic heterocycles. The van der Waals surface area contributed by atoms with E-state index in [2.05, 4.69) is 10.3 Å². The number of amides is 1. The summed E-state index contributed by atoms with van der Waals surface area (Å²) in [6, 6.07) is -0.0259. The van der Waals surface area contributed by atoms with Crippen LogP contribution in [0.15, 0.2) is 6.20 Å². The zero-order chi connectivity index (χ0) is 15.2. The van der Waals surface area contributed by atoms with Gasteiger partial charge in [0, 0.05) is 25.6 Å². The molecule has 1 saturated heterocycles. The molecule has 3 N–H and O–H groups in total. The van der Waals surface area contributed by atoms with Gasteiger partial charge in [0.1, 0.15) is 0 Å². The van der Waals surface area contributed by atoms with Gasteiger partial charge < -0.3 is 15.7 Å². The van der Waals surface area contributed by atoms with E-state index in [0.29, 0.717) is 31.7 Å². The first-order chi connectivity index (χ1) is 10.1. The molecule has 1 aromatic heterocycles. The second-order valence-corrected chi connectivity index (χ2v) is 5.24. The second kappa shape index (κ2) is 7.16. The highest BCUT2D eigenvalue weighted by Crippen LogP contribution is 2.22. The molecule has 2 rings (SSSR count). The van der Waals surface area contributed by atoms with E-state index in [1.165, 1.54) is 0 Å². The van der Waals surface area contributed by atoms with E-state index >= 15 is 0 Å². The topological polar surface area (TPSA) is 114 Å². The van der Waals surface area contributed by atoms with Crippen molar-refractivity contribution >= 4 is 11.9 Å². The number of nitrogens with two attached hydrogens (primary N) is 1. The maximum absolute atomic E-state index is 12.5. The lowest BCUT2D eigenvalue weighted by molar-refractivity contribution is -0.137. The molecule has 1 aliphatic rings. The van der Waals surface area contributed by atoms with Crippen LogP contribution in [0, 0.1) is 0 Å². The summed E-state index contributed by atoms with van der Waals surface area (Å²) in [6.07, 6.45) is 4.96. The van der Waals surface area contributed by atoms with E-state index in [4.69, 9.17) is 10.8 Å². The number of piperidine rings is 1. The molecule has 116 valence electrons. The number of nitrogens with zero attached hydrogens (tertiary/aromatic N) is 4. The molecule has 1 aromatic rings. The van der Waals surface area contributed by atoms with E-state index in [0.717, 1.165) is 19.3 Å². The third-order valence-corrected chi connectivity index (χ3v) is 3.70. The minimum atomic E-state index is -0.832. The zero-order valence-electron chi connectivity index (χ0n) is 11.9. The first-order valence-corrected chi connectivity index (χ1v) is 7.24. The van der Waals surface area contributed by atoms with Crippen LogP contribution in [-0.2, 0) is 11.3 Å². The average molecular weight is 295 g/mol. The maximum atomic E-state index is 12.5. The molecule has 0 aliphatic carbocycles. The quantitative estimate of drug-likeness (QED) is 0.769. The number of rotatable bonds is 6. The molecule has 0 spiro atoms. The fraction of sp³-hybridized carbons (Fsp3) is 0.692. The Morgan fingerprint density at radius 3 is 2.95 bits per heavy atom. The molecular formula is C13H21N5O3. The van der Waals surface area contributed by atoms with Crippen molar-refractivity contribution in [3.05, 3.63) is 11.9 Å². The summed E-state index contributed by atoms with van der Waals surface area (Å²) < 4.78 is 1.55. The molecule has 2 heterocycles. The van der Waals surface area contributed by atoms with Crippen LogP contribution < -0.4 is 5.73 Å². The number of carbonyl (C=O) groups is 2. The summed E-state index contributed by atoms with van der Waals surface area (Å²) in [5.74, 6) is -1.00. The van der Waals surface area contributed by atoms with Gasteiger partial charge >= 0.3 is 5.97 Å². The van der Waals surface area contributed by atoms with Crippen molar-refractivity contribution in [2.45, 2.75) is 44.7 Å². The predicted octanol–water partition coefficient (Wildman–Crippen LogP) is 0.0963. The van der Waals surface area contributed by atoms with Crippen molar-refractivity contribution in [2.24, 2.45) is 5.73 Å². The van der Waals surface area contributed by atoms with Crippen molar-refractivity contribution in [1.29, 1.82) is 0 Å². The molecule has 1 fully saturated rings. The minimum Gasteiger partial charge on any atom is -0.481 e. The van der Waals surface area contributed by atoms with Crippen LogP contribution in [0.4, 0.5) is 0 Å². The first-order valence-electron chi connectivity index (χ1n) is 7.24. The molecule has 21 heavy (non-hydrogen) atoms. The molecule has 0 bridgehead atoms. The lowest BCUT2D eigenvalue weighted by atomic mass is 9.97. The highest BCUT2D eigenvalue weighted by molar-refractivity contribution is 5.92. The Labute approximate surface area is 122 Å². The summed E-state index contributed by atoms with van der Waals surface area (Å²) in [7, 11) is 0. The second-order valence-electron chi connectivity index (χ2n) is 5.24. The molecule has 0 saturated carbocycles. The van der Waals surface area contributed by atoms with E-state index < -0.39 is 5.97 Å². The lowest BCUT2D eigenvalue weighted by Gasteiger charge is -2.35. The van der Waals surface area contributed by atoms with Gasteiger partial charge in [-0.2, -0.15) is 0 Å². The van der Waals surface area contributed by atoms with Crippen LogP contribution in [0.3, 0.4) is 0 Å². The SMILES string of the molecule is NCCn1cc(C(=O)N2CCCCC2CCC(=O)O)nn1. The number of aliphatic carboxylic acids is 1. The van der Waals surface area contributed by atoms with Crippen molar-refractivity contribution in [1.82, 2.24) is 19.9 Å². The molecule has 0 aromatic carbocycles. The molecule has 1 amide bonds. The van der Waals surface area contributed by atoms with Crippen LogP contribution in [0.25, 0.3) is 0 Å². The predicted molar refractivity (Wildman–Crippen MR) is 74.6 cm³/mol. The van der Waals surface area contributed by atoms with Gasteiger partial charge in [-0.05, 0) is 25.7 Å². The number of hydrogen-bond acceptors (Lipinski definition) is 5. The third kappa shape index (κ3) is 4.01. The van der Waals surface area contributed by atoms with Crippen LogP contribution in [0.5, 0.6) is 0 Å². The zero-order valence-corrected chi connectivity index (χ0v) is 11.9. The number of aromatic nitrogens is 3. The van der Waals surface area contributed by atoms with Gasteiger partial charge in [-0.15, -0.1) is 5.10 Å².